The Kier molecular flexibility index (Phi) is 4.06. The standard InChI is InChI=1S/C8H14N4O2/c1-12-7(6-10-11-12)5-9-4-3-8(13)14-2/h6,9H,3-5H2,1-2H3. The molecule has 6 heteroatoms. The molecule has 0 saturated heterocycles. The smallest absolute Gasteiger partial charge is 0.306 e. The van der Waals surface area contributed by atoms with Gasteiger partial charge < -0.3 is 10.1 Å². The molecule has 1 aromatic heterocycles. The van der Waals surface area contributed by atoms with Gasteiger partial charge in [0.05, 0.1) is 25.4 Å². The summed E-state index contributed by atoms with van der Waals surface area (Å²) in [6.07, 6.45) is 2.06. The molecular weight excluding hydrogens is 184 g/mol. The maximum atomic E-state index is 10.7. The number of methoxy groups -OCH3 is 1. The highest BCUT2D eigenvalue weighted by molar-refractivity contribution is 5.69. The van der Waals surface area contributed by atoms with Crippen molar-refractivity contribution in [2.45, 2.75) is 13.0 Å². The van der Waals surface area contributed by atoms with Crippen molar-refractivity contribution in [2.24, 2.45) is 7.05 Å². The van der Waals surface area contributed by atoms with Gasteiger partial charge in [0, 0.05) is 20.1 Å². The maximum absolute atomic E-state index is 10.7. The predicted octanol–water partition coefficient (Wildman–Crippen LogP) is -0.532. The molecule has 0 aliphatic carbocycles. The molecule has 78 valence electrons. The van der Waals surface area contributed by atoms with Crippen molar-refractivity contribution in [3.05, 3.63) is 11.9 Å². The summed E-state index contributed by atoms with van der Waals surface area (Å²) in [5, 5.41) is 10.6. The highest BCUT2D eigenvalue weighted by atomic mass is 16.5. The number of nitrogens with zero attached hydrogens (tertiary/aromatic N) is 3. The number of aryl methyl sites for hydroxylation is 1. The zero-order valence-corrected chi connectivity index (χ0v) is 8.36. The van der Waals surface area contributed by atoms with Gasteiger partial charge >= 0.3 is 5.97 Å². The molecule has 0 unspecified atom stereocenters. The molecule has 0 radical (unpaired) electrons. The molecule has 0 amide bonds. The third-order valence-corrected chi connectivity index (χ3v) is 1.85. The van der Waals surface area contributed by atoms with Gasteiger partial charge in [0.2, 0.25) is 0 Å². The van der Waals surface area contributed by atoms with E-state index in [4.69, 9.17) is 0 Å². The van der Waals surface area contributed by atoms with Crippen LogP contribution in [0.3, 0.4) is 0 Å². The summed E-state index contributed by atoms with van der Waals surface area (Å²) < 4.78 is 6.19. The number of carbonyl (C=O) groups is 1. The van der Waals surface area contributed by atoms with Crippen molar-refractivity contribution in [3.8, 4) is 0 Å². The first-order chi connectivity index (χ1) is 6.74. The van der Waals surface area contributed by atoms with E-state index in [2.05, 4.69) is 20.4 Å². The first-order valence-corrected chi connectivity index (χ1v) is 4.35. The topological polar surface area (TPSA) is 69.0 Å². The molecule has 0 aliphatic rings. The summed E-state index contributed by atoms with van der Waals surface area (Å²) in [6.45, 7) is 1.25. The minimum atomic E-state index is -0.208. The van der Waals surface area contributed by atoms with Crippen molar-refractivity contribution in [1.82, 2.24) is 20.3 Å². The Morgan fingerprint density at radius 2 is 2.50 bits per heavy atom. The van der Waals surface area contributed by atoms with Crippen molar-refractivity contribution in [3.63, 3.8) is 0 Å². The summed E-state index contributed by atoms with van der Waals surface area (Å²) in [4.78, 5) is 10.7. The number of hydrogen-bond donors (Lipinski definition) is 1. The number of carbonyl (C=O) groups excluding carboxylic acids is 1. The molecule has 0 aromatic carbocycles. The van der Waals surface area contributed by atoms with E-state index in [9.17, 15) is 4.79 Å². The van der Waals surface area contributed by atoms with E-state index in [0.29, 0.717) is 19.5 Å². The minimum Gasteiger partial charge on any atom is -0.469 e. The summed E-state index contributed by atoms with van der Waals surface area (Å²) in [6, 6.07) is 0. The van der Waals surface area contributed by atoms with Gasteiger partial charge in [0.1, 0.15) is 0 Å². The van der Waals surface area contributed by atoms with Gasteiger partial charge in [-0.15, -0.1) is 5.10 Å². The molecule has 1 N–H and O–H groups in total. The monoisotopic (exact) mass is 198 g/mol. The highest BCUT2D eigenvalue weighted by Gasteiger charge is 2.01. The van der Waals surface area contributed by atoms with E-state index in [1.54, 1.807) is 10.9 Å². The fraction of sp³-hybridized carbons (Fsp3) is 0.625. The van der Waals surface area contributed by atoms with Crippen LogP contribution in [-0.4, -0.2) is 34.6 Å². The van der Waals surface area contributed by atoms with Crippen LogP contribution < -0.4 is 5.32 Å². The lowest BCUT2D eigenvalue weighted by Crippen LogP contribution is -2.19. The van der Waals surface area contributed by atoms with Crippen LogP contribution in [0.1, 0.15) is 12.1 Å². The van der Waals surface area contributed by atoms with Crippen molar-refractivity contribution < 1.29 is 9.53 Å². The first kappa shape index (κ1) is 10.6. The summed E-state index contributed by atoms with van der Waals surface area (Å²) in [5.41, 5.74) is 0.981. The molecular formula is C8H14N4O2. The van der Waals surface area contributed by atoms with Crippen LogP contribution in [-0.2, 0) is 23.1 Å². The fourth-order valence-corrected chi connectivity index (χ4v) is 0.980. The Hall–Kier alpha value is -1.43. The second-order valence-corrected chi connectivity index (χ2v) is 2.85. The van der Waals surface area contributed by atoms with E-state index < -0.39 is 0 Å². The van der Waals surface area contributed by atoms with Crippen LogP contribution in [0.5, 0.6) is 0 Å². The van der Waals surface area contributed by atoms with Crippen LogP contribution in [0, 0.1) is 0 Å². The van der Waals surface area contributed by atoms with Gasteiger partial charge in [-0.2, -0.15) is 0 Å². The summed E-state index contributed by atoms with van der Waals surface area (Å²) in [5.74, 6) is -0.208. The van der Waals surface area contributed by atoms with Crippen molar-refractivity contribution in [1.29, 1.82) is 0 Å². The molecule has 0 atom stereocenters. The number of nitrogens with one attached hydrogen (secondary N) is 1. The highest BCUT2D eigenvalue weighted by Crippen LogP contribution is 1.92. The molecule has 1 heterocycles. The van der Waals surface area contributed by atoms with E-state index in [-0.39, 0.29) is 5.97 Å². The Bertz CT molecular complexity index is 297. The lowest BCUT2D eigenvalue weighted by atomic mass is 10.4. The zero-order valence-electron chi connectivity index (χ0n) is 8.36. The SMILES string of the molecule is COC(=O)CCNCc1cnnn1C. The number of esters is 1. The minimum absolute atomic E-state index is 0.208. The first-order valence-electron chi connectivity index (χ1n) is 4.35. The molecule has 6 nitrogen and oxygen atoms in total. The zero-order chi connectivity index (χ0) is 10.4. The van der Waals surface area contributed by atoms with E-state index >= 15 is 0 Å². The fourth-order valence-electron chi connectivity index (χ4n) is 0.980. The molecule has 0 fully saturated rings. The third kappa shape index (κ3) is 3.14. The van der Waals surface area contributed by atoms with Gasteiger partial charge in [-0.3, -0.25) is 9.48 Å². The number of hydrogen-bond acceptors (Lipinski definition) is 5. The van der Waals surface area contributed by atoms with Gasteiger partial charge in [-0.25, -0.2) is 0 Å². The summed E-state index contributed by atoms with van der Waals surface area (Å²) in [7, 11) is 3.21. The van der Waals surface area contributed by atoms with E-state index in [1.165, 1.54) is 7.11 Å². The van der Waals surface area contributed by atoms with Crippen LogP contribution in [0.2, 0.25) is 0 Å². The maximum Gasteiger partial charge on any atom is 0.306 e. The molecule has 0 saturated carbocycles. The largest absolute Gasteiger partial charge is 0.469 e. The molecule has 1 rings (SSSR count). The van der Waals surface area contributed by atoms with Crippen LogP contribution in [0.15, 0.2) is 6.20 Å². The van der Waals surface area contributed by atoms with Crippen LogP contribution in [0.4, 0.5) is 0 Å². The predicted molar refractivity (Wildman–Crippen MR) is 49.3 cm³/mol. The molecule has 1 aromatic rings. The Labute approximate surface area is 82.2 Å². The van der Waals surface area contributed by atoms with Crippen molar-refractivity contribution in [2.75, 3.05) is 13.7 Å². The average Bonchev–Trinajstić information content (AvgIpc) is 2.58. The second kappa shape index (κ2) is 5.33. The molecule has 0 spiro atoms. The Morgan fingerprint density at radius 1 is 1.71 bits per heavy atom. The number of ether oxygens (including phenoxy) is 1. The Balaban J connectivity index is 2.16. The summed E-state index contributed by atoms with van der Waals surface area (Å²) >= 11 is 0. The van der Waals surface area contributed by atoms with Crippen LogP contribution in [0.25, 0.3) is 0 Å². The normalized spacial score (nSPS) is 10.1. The lowest BCUT2D eigenvalue weighted by Gasteiger charge is -2.02. The van der Waals surface area contributed by atoms with E-state index in [0.717, 1.165) is 5.69 Å². The van der Waals surface area contributed by atoms with Gasteiger partial charge in [-0.05, 0) is 0 Å². The van der Waals surface area contributed by atoms with Gasteiger partial charge in [0.15, 0.2) is 0 Å². The third-order valence-electron chi connectivity index (χ3n) is 1.85. The van der Waals surface area contributed by atoms with Crippen LogP contribution >= 0.6 is 0 Å². The molecule has 0 bridgehead atoms. The van der Waals surface area contributed by atoms with Crippen molar-refractivity contribution >= 4 is 5.97 Å². The molecule has 14 heavy (non-hydrogen) atoms. The second-order valence-electron chi connectivity index (χ2n) is 2.85. The number of aromatic nitrogens is 3. The lowest BCUT2D eigenvalue weighted by molar-refractivity contribution is -0.140. The van der Waals surface area contributed by atoms with Gasteiger partial charge in [0.25, 0.3) is 0 Å². The van der Waals surface area contributed by atoms with E-state index in [1.807, 2.05) is 7.05 Å². The van der Waals surface area contributed by atoms with Gasteiger partial charge in [-0.1, -0.05) is 5.21 Å². The average molecular weight is 198 g/mol. The quantitative estimate of drug-likeness (QED) is 0.508. The molecule has 0 aliphatic heterocycles. The Morgan fingerprint density at radius 3 is 3.07 bits per heavy atom. The number of rotatable bonds is 5.